The van der Waals surface area contributed by atoms with E-state index in [9.17, 15) is 41.8 Å². The van der Waals surface area contributed by atoms with Crippen LogP contribution in [0.15, 0.2) is 121 Å². The zero-order valence-corrected chi connectivity index (χ0v) is 82.1. The summed E-state index contributed by atoms with van der Waals surface area (Å²) in [5, 5.41) is 9.68. The van der Waals surface area contributed by atoms with Crippen LogP contribution in [0.25, 0.3) is 4.85 Å². The minimum Gasteiger partial charge on any atom is -0.476 e. The van der Waals surface area contributed by atoms with Crippen LogP contribution >= 0.6 is 46.4 Å². The number of anilines is 6. The number of hydrogen-bond donors (Lipinski definition) is 9. The molecule has 0 atom stereocenters. The minimum atomic E-state index is -1.19. The number of hydrogen-bond acceptors (Lipinski definition) is 30. The molecule has 5 saturated heterocycles. The largest absolute Gasteiger partial charge is 0.476 e. The van der Waals surface area contributed by atoms with Gasteiger partial charge >= 0.3 is 11.8 Å². The van der Waals surface area contributed by atoms with E-state index in [4.69, 9.17) is 108 Å². The molecule has 10 aromatic rings. The van der Waals surface area contributed by atoms with Gasteiger partial charge in [-0.2, -0.15) is 0 Å². The number of carbonyl (C=O) groups excluding carboxylic acids is 2. The summed E-state index contributed by atoms with van der Waals surface area (Å²) in [6.45, 7) is 29.5. The molecule has 43 heteroatoms. The van der Waals surface area contributed by atoms with Crippen LogP contribution in [0.5, 0.6) is 0 Å². The number of benzene rings is 4. The highest BCUT2D eigenvalue weighted by Crippen LogP contribution is 2.42. The van der Waals surface area contributed by atoms with Crippen LogP contribution in [0.3, 0.4) is 0 Å². The molecule has 740 valence electrons. The third-order valence-electron chi connectivity index (χ3n) is 28.3. The van der Waals surface area contributed by atoms with Crippen molar-refractivity contribution in [1.82, 2.24) is 54.8 Å². The van der Waals surface area contributed by atoms with Gasteiger partial charge in [0, 0.05) is 112 Å². The Morgan fingerprint density at radius 2 is 0.746 bits per heavy atom. The van der Waals surface area contributed by atoms with Crippen LogP contribution in [-0.2, 0) is 39.1 Å². The predicted molar refractivity (Wildman–Crippen MR) is 540 cm³/mol. The highest BCUT2D eigenvalue weighted by Gasteiger charge is 2.42. The maximum Gasteiger partial charge on any atom is 0.358 e. The van der Waals surface area contributed by atoms with Gasteiger partial charge < -0.3 is 84.5 Å². The summed E-state index contributed by atoms with van der Waals surface area (Å²) in [6, 6.07) is 22.7. The maximum atomic E-state index is 14.5. The number of halogens is 8. The number of nitrogens with two attached hydrogens (primary N) is 7. The molecule has 6 aromatic heterocycles. The topological polar surface area (TPSA) is 501 Å². The predicted octanol–water partition coefficient (Wildman–Crippen LogP) is 12.1. The number of carboxylic acid groups (broad SMARTS) is 1. The van der Waals surface area contributed by atoms with E-state index in [1.54, 1.807) is 42.5 Å². The molecule has 0 unspecified atom stereocenters. The molecule has 142 heavy (non-hydrogen) atoms. The molecule has 11 aliphatic rings. The molecule has 0 aliphatic carbocycles. The Hall–Kier alpha value is -13.0. The fraction of sp³-hybridized carbons (Fsp3) is 0.414. The molecule has 4 aromatic carbocycles. The van der Waals surface area contributed by atoms with Crippen molar-refractivity contribution in [2.75, 3.05) is 121 Å². The highest BCUT2D eigenvalue weighted by molar-refractivity contribution is 6.33. The number of aromatic nitrogens is 11. The van der Waals surface area contributed by atoms with Gasteiger partial charge in [-0.15, -0.1) is 4.98 Å². The number of nitrogens with zero attached hydrogens (tertiary/aromatic N) is 22. The quantitative estimate of drug-likeness (QED) is 0.0340. The van der Waals surface area contributed by atoms with Crippen molar-refractivity contribution >= 4 is 133 Å². The minimum absolute atomic E-state index is 0.00498. The molecule has 2 amide bonds. The molecule has 0 radical (unpaired) electrons. The number of aryl methyl sites for hydroxylation is 1. The number of piperidine rings is 5. The molecule has 35 nitrogen and oxygen atoms in total. The van der Waals surface area contributed by atoms with Gasteiger partial charge in [0.2, 0.25) is 5.69 Å². The van der Waals surface area contributed by atoms with Gasteiger partial charge in [-0.25, -0.2) is 62.2 Å². The fourth-order valence-corrected chi connectivity index (χ4v) is 19.6. The second kappa shape index (κ2) is 41.1. The molecule has 11 aliphatic heterocycles. The first-order valence-corrected chi connectivity index (χ1v) is 48.5. The third kappa shape index (κ3) is 20.7. The van der Waals surface area contributed by atoms with Gasteiger partial charge in [0.1, 0.15) is 34.2 Å². The van der Waals surface area contributed by atoms with E-state index in [2.05, 4.69) is 111 Å². The first kappa shape index (κ1) is 100. The number of aliphatic imine (C=N–C) groups is 5. The highest BCUT2D eigenvalue weighted by atomic mass is 35.5. The van der Waals surface area contributed by atoms with Gasteiger partial charge in [-0.3, -0.25) is 44.3 Å². The van der Waals surface area contributed by atoms with Gasteiger partial charge in [-0.05, 0) is 187 Å². The van der Waals surface area contributed by atoms with Crippen LogP contribution in [-0.4, -0.2) is 209 Å². The van der Waals surface area contributed by atoms with Crippen molar-refractivity contribution in [3.05, 3.63) is 258 Å². The Labute approximate surface area is 836 Å². The molecule has 17 heterocycles. The lowest BCUT2D eigenvalue weighted by Crippen LogP contribution is -2.49. The number of pyridine rings is 1. The Morgan fingerprint density at radius 1 is 0.423 bits per heavy atom. The summed E-state index contributed by atoms with van der Waals surface area (Å²) < 4.78 is 57.9. The summed E-state index contributed by atoms with van der Waals surface area (Å²) >= 11 is 23.6. The fourth-order valence-electron chi connectivity index (χ4n) is 18.9. The number of carboxylic acids is 1. The molecule has 0 saturated carbocycles. The number of amidine groups is 1. The number of nitrogens with one attached hydrogen (secondary N) is 1. The number of H-pyrrole nitrogens is 1. The lowest BCUT2D eigenvalue weighted by atomic mass is 9.80. The van der Waals surface area contributed by atoms with Crippen LogP contribution in [0.2, 0.25) is 20.1 Å². The number of fused-ring (bicyclic) bond motifs is 6. The van der Waals surface area contributed by atoms with Crippen molar-refractivity contribution < 1.29 is 37.1 Å². The van der Waals surface area contributed by atoms with E-state index < -0.39 is 41.1 Å². The van der Waals surface area contributed by atoms with Crippen LogP contribution < -0.4 is 75.1 Å². The van der Waals surface area contributed by atoms with Gasteiger partial charge in [0.15, 0.2) is 75.3 Å². The molecular weight excluding hydrogens is 1910 g/mol. The van der Waals surface area contributed by atoms with Gasteiger partial charge in [0.25, 0.3) is 17.4 Å². The van der Waals surface area contributed by atoms with Crippen LogP contribution in [0, 0.1) is 46.1 Å². The summed E-state index contributed by atoms with van der Waals surface area (Å²) in [4.78, 5) is 136. The summed E-state index contributed by atoms with van der Waals surface area (Å²) in [5.41, 5.74) is 50.7. The smallest absolute Gasteiger partial charge is 0.358 e. The molecule has 5 fully saturated rings. The summed E-state index contributed by atoms with van der Waals surface area (Å²) in [5.74, 6) is -1.56. The third-order valence-corrected chi connectivity index (χ3v) is 29.5. The van der Waals surface area contributed by atoms with E-state index >= 15 is 0 Å². The second-order valence-corrected chi connectivity index (χ2v) is 40.4. The standard InChI is InChI=1S/C21H27N7O.C20H22ClFN6O.C20H20ClFN6.C19H20ClFN6O.C19H19ClFN5O2/c1-21(13-22)6-10-27(11-7-21)19-20(29)26-17-15(25-19)12-24-18(17)28-9-3-4-14-16(28)5-2-8-23-14;1-20(10-23)5-7-28(8-6-20)19-17(18(24)29)27-16-13(26-19)9-25-15(16)11-3-2-4-12(21)14(11)22;1-20(11-23)6-8-28(9-7-20)19-18(24-2)27-17-14(26-19)10-25-16(17)12-4-3-5-13(21)15(12)22;1-19(23)5-7-27(8-6-19)18-16(17(22)28)26-15-12(25-18)9-24-14(15)10-3-2-4-11(20)13(10)21;1-19(22)5-7-26(8-6-19)17-16(18(27)28)25-15-12(24-17)9-23-14(15)10-3-2-4-11(20)13(10)21/h2,5,8H,3-4,6-7,9-13,22H2,1H3,(H,26,29);2-4H,5-10,23H2,1H3,(H2,24,29);3-5H,6-11,23H2,1H3;2-4H,5-9,23H2,1H3,(H2,22,28);2-4H,5-9,22H2,1H3,(H,27,28). The first-order chi connectivity index (χ1) is 67.9. The number of carbonyl (C=O) groups is 3. The molecule has 0 bridgehead atoms. The number of aromatic amines is 1. The lowest BCUT2D eigenvalue weighted by Gasteiger charge is -2.39. The zero-order chi connectivity index (χ0) is 101. The van der Waals surface area contributed by atoms with E-state index in [1.807, 2.05) is 40.8 Å². The average Bonchev–Trinajstić information content (AvgIpc) is 1.59. The summed E-state index contributed by atoms with van der Waals surface area (Å²) in [7, 11) is 0. The van der Waals surface area contributed by atoms with Crippen LogP contribution in [0.1, 0.15) is 222 Å². The van der Waals surface area contributed by atoms with Crippen molar-refractivity contribution in [2.24, 2.45) is 81.3 Å². The number of aromatic carboxylic acids is 1. The van der Waals surface area contributed by atoms with Gasteiger partial charge in [0.05, 0.1) is 104 Å². The molecule has 16 N–H and O–H groups in total. The zero-order valence-electron chi connectivity index (χ0n) is 79.1. The maximum absolute atomic E-state index is 14.5. The average molecular weight is 2020 g/mol. The van der Waals surface area contributed by atoms with E-state index in [-0.39, 0.29) is 129 Å². The molecule has 21 rings (SSSR count). The SMILES string of the molecule is CC1(CN)CCN(c2nc3c([nH]c2=O)C(N2CCCc4ncccc42)=NC3)CC1.CC1(CN)CCN(c2nc3c(nc2C(N)=O)C(c2cccc(Cl)c2F)=NC3)CC1.CC1(N)CCN(c2nc3c(nc2C(=O)O)C(c2cccc(Cl)c2F)=NC3)CC1.CC1(N)CCN(c2nc3c(nc2C(N)=O)C(c2cccc(Cl)c2F)=NC3)CC1.[C-]#[N+]c1nc2c(nc1N1CCC(C)(CN)CC1)CN=C2c1cccc(Cl)c1F. The normalized spacial score (nSPS) is 18.4. The Balaban J connectivity index is 0.000000122. The molecular formula is C99H108Cl4F4N30O5. The summed E-state index contributed by atoms with van der Waals surface area (Å²) in [6.07, 6.45) is 12.4. The van der Waals surface area contributed by atoms with E-state index in [0.29, 0.717) is 158 Å². The van der Waals surface area contributed by atoms with E-state index in [1.165, 1.54) is 30.3 Å². The monoisotopic (exact) mass is 2010 g/mol. The van der Waals surface area contributed by atoms with Gasteiger partial charge in [-0.1, -0.05) is 98.0 Å². The first-order valence-electron chi connectivity index (χ1n) is 47.0. The number of rotatable bonds is 15. The Bertz CT molecular complexity index is 6770. The number of primary amides is 2. The number of amides is 2. The van der Waals surface area contributed by atoms with Crippen molar-refractivity contribution in [1.29, 1.82) is 0 Å². The lowest BCUT2D eigenvalue weighted by molar-refractivity contribution is 0.0689. The second-order valence-electron chi connectivity index (χ2n) is 38.8. The molecule has 0 spiro atoms. The Kier molecular flexibility index (Phi) is 29.1. The van der Waals surface area contributed by atoms with Crippen molar-refractivity contribution in [2.45, 2.75) is 155 Å². The van der Waals surface area contributed by atoms with Crippen molar-refractivity contribution in [3.63, 3.8) is 0 Å². The van der Waals surface area contributed by atoms with Crippen LogP contribution in [0.4, 0.5) is 58.2 Å². The van der Waals surface area contributed by atoms with Crippen molar-refractivity contribution in [3.8, 4) is 0 Å². The Morgan fingerprint density at radius 3 is 1.11 bits per heavy atom. The van der Waals surface area contributed by atoms with E-state index in [0.717, 1.165) is 138 Å².